The highest BCUT2D eigenvalue weighted by Gasteiger charge is 2.16. The third-order valence-corrected chi connectivity index (χ3v) is 2.32. The van der Waals surface area contributed by atoms with Crippen LogP contribution in [0.25, 0.3) is 0 Å². The van der Waals surface area contributed by atoms with Gasteiger partial charge in [0.15, 0.2) is 0 Å². The minimum absolute atomic E-state index is 0.00606. The molecule has 21 heavy (non-hydrogen) atoms. The van der Waals surface area contributed by atoms with Gasteiger partial charge in [-0.2, -0.15) is 0 Å². The van der Waals surface area contributed by atoms with Gasteiger partial charge in [-0.15, -0.1) is 20.2 Å². The van der Waals surface area contributed by atoms with Crippen molar-refractivity contribution in [2.24, 2.45) is 0 Å². The lowest BCUT2D eigenvalue weighted by molar-refractivity contribution is -0.790. The summed E-state index contributed by atoms with van der Waals surface area (Å²) < 4.78 is 4.90. The summed E-state index contributed by atoms with van der Waals surface area (Å²) in [7, 11) is 0. The summed E-state index contributed by atoms with van der Waals surface area (Å²) in [5.74, 6) is -0.562. The fourth-order valence-corrected chi connectivity index (χ4v) is 1.44. The number of hydrogen-bond donors (Lipinski definition) is 1. The second-order valence-corrected chi connectivity index (χ2v) is 3.83. The lowest BCUT2D eigenvalue weighted by Crippen LogP contribution is -2.25. The Morgan fingerprint density at radius 3 is 2.67 bits per heavy atom. The van der Waals surface area contributed by atoms with E-state index in [0.717, 1.165) is 0 Å². The van der Waals surface area contributed by atoms with Crippen LogP contribution in [0, 0.1) is 20.2 Å². The molecule has 1 aromatic rings. The average Bonchev–Trinajstić information content (AvgIpc) is 2.93. The van der Waals surface area contributed by atoms with Crippen LogP contribution in [0.4, 0.5) is 0 Å². The van der Waals surface area contributed by atoms with Crippen molar-refractivity contribution >= 4 is 5.97 Å². The Morgan fingerprint density at radius 2 is 2.10 bits per heavy atom. The summed E-state index contributed by atoms with van der Waals surface area (Å²) in [5, 5.41) is 18.1. The number of rotatable bonds is 10. The molecule has 0 aliphatic carbocycles. The quantitative estimate of drug-likeness (QED) is 0.288. The maximum Gasteiger partial charge on any atom is 0.354 e. The zero-order valence-electron chi connectivity index (χ0n) is 10.8. The Kier molecular flexibility index (Phi) is 6.44. The predicted octanol–water partition coefficient (Wildman–Crippen LogP) is 0.737. The molecular weight excluding hydrogens is 290 g/mol. The minimum atomic E-state index is -1.10. The second kappa shape index (κ2) is 8.35. The van der Waals surface area contributed by atoms with Crippen LogP contribution in [-0.4, -0.2) is 40.4 Å². The number of esters is 1. The third kappa shape index (κ3) is 6.75. The normalized spacial score (nSPS) is 11.4. The highest BCUT2D eigenvalue weighted by Crippen LogP contribution is 2.06. The summed E-state index contributed by atoms with van der Waals surface area (Å²) in [6.07, 6.45) is 0.750. The van der Waals surface area contributed by atoms with Gasteiger partial charge in [-0.1, -0.05) is 0 Å². The topological polar surface area (TPSA) is 147 Å². The van der Waals surface area contributed by atoms with E-state index in [2.05, 4.69) is 14.7 Å². The molecule has 0 saturated carbocycles. The zero-order valence-corrected chi connectivity index (χ0v) is 10.8. The van der Waals surface area contributed by atoms with Gasteiger partial charge in [0, 0.05) is 6.20 Å². The van der Waals surface area contributed by atoms with E-state index in [0.29, 0.717) is 0 Å². The van der Waals surface area contributed by atoms with Gasteiger partial charge >= 0.3 is 5.97 Å². The summed E-state index contributed by atoms with van der Waals surface area (Å²) in [5.41, 5.74) is 0.282. The predicted molar refractivity (Wildman–Crippen MR) is 65.1 cm³/mol. The molecular formula is C10H13N3O8. The van der Waals surface area contributed by atoms with Gasteiger partial charge in [0.25, 0.3) is 10.2 Å². The van der Waals surface area contributed by atoms with Gasteiger partial charge in [-0.25, -0.2) is 4.79 Å². The van der Waals surface area contributed by atoms with Gasteiger partial charge in [-0.3, -0.25) is 0 Å². The SMILES string of the molecule is O=C(OCCC[C@H](CO[N+](=O)[O-])O[N+](=O)[O-])c1ccc[nH]1. The van der Waals surface area contributed by atoms with Crippen molar-refractivity contribution in [3.05, 3.63) is 44.3 Å². The Labute approximate surface area is 118 Å². The molecule has 0 saturated heterocycles. The molecule has 0 unspecified atom stereocenters. The smallest absolute Gasteiger partial charge is 0.354 e. The molecule has 1 heterocycles. The fraction of sp³-hybridized carbons (Fsp3) is 0.500. The van der Waals surface area contributed by atoms with Crippen LogP contribution in [-0.2, 0) is 14.4 Å². The van der Waals surface area contributed by atoms with E-state index in [1.165, 1.54) is 6.07 Å². The molecule has 11 nitrogen and oxygen atoms in total. The van der Waals surface area contributed by atoms with Gasteiger partial charge in [-0.05, 0) is 25.0 Å². The number of nitrogens with one attached hydrogen (secondary N) is 1. The molecule has 1 N–H and O–H groups in total. The number of H-pyrrole nitrogens is 1. The summed E-state index contributed by atoms with van der Waals surface area (Å²) in [6.45, 7) is -0.577. The summed E-state index contributed by atoms with van der Waals surface area (Å²) in [4.78, 5) is 42.6. The van der Waals surface area contributed by atoms with Crippen molar-refractivity contribution in [3.8, 4) is 0 Å². The molecule has 116 valence electrons. The van der Waals surface area contributed by atoms with Crippen molar-refractivity contribution in [3.63, 3.8) is 0 Å². The third-order valence-electron chi connectivity index (χ3n) is 2.32. The molecule has 0 aliphatic heterocycles. The number of aromatic nitrogens is 1. The first-order valence-electron chi connectivity index (χ1n) is 5.88. The Balaban J connectivity index is 2.27. The van der Waals surface area contributed by atoms with Gasteiger partial charge in [0.2, 0.25) is 0 Å². The second-order valence-electron chi connectivity index (χ2n) is 3.83. The van der Waals surface area contributed by atoms with Crippen molar-refractivity contribution in [2.45, 2.75) is 18.9 Å². The lowest BCUT2D eigenvalue weighted by atomic mass is 10.2. The number of nitrogens with zero attached hydrogens (tertiary/aromatic N) is 2. The van der Waals surface area contributed by atoms with E-state index in [4.69, 9.17) is 4.74 Å². The highest BCUT2D eigenvalue weighted by atomic mass is 17.0. The van der Waals surface area contributed by atoms with Crippen LogP contribution in [0.2, 0.25) is 0 Å². The molecule has 0 bridgehead atoms. The molecule has 1 rings (SSSR count). The van der Waals surface area contributed by atoms with Crippen LogP contribution in [0.15, 0.2) is 18.3 Å². The van der Waals surface area contributed by atoms with E-state index in [1.54, 1.807) is 12.3 Å². The van der Waals surface area contributed by atoms with Crippen molar-refractivity contribution in [2.75, 3.05) is 13.2 Å². The first-order chi connectivity index (χ1) is 9.99. The molecule has 0 spiro atoms. The van der Waals surface area contributed by atoms with E-state index < -0.39 is 28.9 Å². The molecule has 1 aromatic heterocycles. The number of ether oxygens (including phenoxy) is 1. The number of aromatic amines is 1. The van der Waals surface area contributed by atoms with Crippen LogP contribution in [0.5, 0.6) is 0 Å². The van der Waals surface area contributed by atoms with Gasteiger partial charge < -0.3 is 19.4 Å². The van der Waals surface area contributed by atoms with Crippen LogP contribution in [0.1, 0.15) is 23.3 Å². The van der Waals surface area contributed by atoms with Crippen LogP contribution < -0.4 is 0 Å². The van der Waals surface area contributed by atoms with Crippen molar-refractivity contribution in [1.29, 1.82) is 0 Å². The Morgan fingerprint density at radius 1 is 1.33 bits per heavy atom. The number of hydrogen-bond acceptors (Lipinski definition) is 8. The van der Waals surface area contributed by atoms with Crippen molar-refractivity contribution in [1.82, 2.24) is 4.98 Å². The maximum absolute atomic E-state index is 11.4. The van der Waals surface area contributed by atoms with E-state index >= 15 is 0 Å². The van der Waals surface area contributed by atoms with E-state index in [-0.39, 0.29) is 25.1 Å². The first kappa shape index (κ1) is 16.2. The molecule has 0 aliphatic rings. The molecule has 0 fully saturated rings. The maximum atomic E-state index is 11.4. The van der Waals surface area contributed by atoms with E-state index in [9.17, 15) is 25.0 Å². The summed E-state index contributed by atoms with van der Waals surface area (Å²) >= 11 is 0. The molecule has 11 heteroatoms. The van der Waals surface area contributed by atoms with Gasteiger partial charge in [0.05, 0.1) is 6.61 Å². The minimum Gasteiger partial charge on any atom is -0.461 e. The lowest BCUT2D eigenvalue weighted by Gasteiger charge is -2.13. The molecule has 0 radical (unpaired) electrons. The van der Waals surface area contributed by atoms with Crippen LogP contribution in [0.3, 0.4) is 0 Å². The summed E-state index contributed by atoms with van der Waals surface area (Å²) in [6, 6.07) is 3.17. The Bertz CT molecular complexity index is 475. The van der Waals surface area contributed by atoms with Crippen LogP contribution >= 0.6 is 0 Å². The standard InChI is InChI=1S/C10H13N3O8/c14-10(9-4-1-5-11-9)19-6-2-3-8(21-13(17)18)7-20-12(15)16/h1,4-5,8,11H,2-3,6-7H2/t8-/m1/s1. The Hall–Kier alpha value is -2.85. The monoisotopic (exact) mass is 303 g/mol. The van der Waals surface area contributed by atoms with Crippen molar-refractivity contribution < 1.29 is 29.4 Å². The molecule has 0 aromatic carbocycles. The zero-order chi connectivity index (χ0) is 15.7. The van der Waals surface area contributed by atoms with E-state index in [1.807, 2.05) is 0 Å². The molecule has 0 amide bonds. The first-order valence-corrected chi connectivity index (χ1v) is 5.88. The number of carbonyl (C=O) groups excluding carboxylic acids is 1. The fourth-order valence-electron chi connectivity index (χ4n) is 1.44. The average molecular weight is 303 g/mol. The molecule has 1 atom stereocenters. The highest BCUT2D eigenvalue weighted by molar-refractivity contribution is 5.87. The number of carbonyl (C=O) groups is 1. The largest absolute Gasteiger partial charge is 0.461 e. The van der Waals surface area contributed by atoms with Gasteiger partial charge in [0.1, 0.15) is 18.4 Å².